The summed E-state index contributed by atoms with van der Waals surface area (Å²) in [6.45, 7) is 0. The number of benzene rings is 1. The summed E-state index contributed by atoms with van der Waals surface area (Å²) in [7, 11) is 1.50. The highest BCUT2D eigenvalue weighted by atomic mass is 16.4. The van der Waals surface area contributed by atoms with Crippen LogP contribution in [0.25, 0.3) is 5.69 Å². The SMILES string of the molecule is CNC(=O)c1ccn(-c2cc(C(=O)O)ccc2N)n1. The van der Waals surface area contributed by atoms with Gasteiger partial charge in [-0.3, -0.25) is 4.79 Å². The predicted octanol–water partition coefficient (Wildman–Crippen LogP) is 0.512. The van der Waals surface area contributed by atoms with Crippen molar-refractivity contribution in [1.29, 1.82) is 0 Å². The van der Waals surface area contributed by atoms with Gasteiger partial charge in [-0.25, -0.2) is 9.48 Å². The number of carboxylic acid groups (broad SMARTS) is 1. The molecule has 0 atom stereocenters. The minimum Gasteiger partial charge on any atom is -0.478 e. The van der Waals surface area contributed by atoms with Crippen molar-refractivity contribution < 1.29 is 14.7 Å². The Hall–Kier alpha value is -2.83. The van der Waals surface area contributed by atoms with Crippen molar-refractivity contribution in [3.63, 3.8) is 0 Å². The molecule has 1 heterocycles. The third-order valence-electron chi connectivity index (χ3n) is 2.57. The van der Waals surface area contributed by atoms with Gasteiger partial charge in [0.05, 0.1) is 16.9 Å². The quantitative estimate of drug-likeness (QED) is 0.696. The van der Waals surface area contributed by atoms with Crippen LogP contribution in [0.15, 0.2) is 30.5 Å². The Balaban J connectivity index is 2.46. The number of aromatic nitrogens is 2. The van der Waals surface area contributed by atoms with Crippen LogP contribution in [0.2, 0.25) is 0 Å². The fraction of sp³-hybridized carbons (Fsp3) is 0.0833. The maximum absolute atomic E-state index is 11.4. The zero-order chi connectivity index (χ0) is 14.0. The number of nitrogens with one attached hydrogen (secondary N) is 1. The summed E-state index contributed by atoms with van der Waals surface area (Å²) in [4.78, 5) is 22.3. The molecule has 0 aliphatic heterocycles. The van der Waals surface area contributed by atoms with E-state index >= 15 is 0 Å². The van der Waals surface area contributed by atoms with Crippen LogP contribution >= 0.6 is 0 Å². The number of nitrogens with two attached hydrogens (primary N) is 1. The van der Waals surface area contributed by atoms with Crippen molar-refractivity contribution in [3.05, 3.63) is 41.7 Å². The number of rotatable bonds is 3. The first-order chi connectivity index (χ1) is 9.02. The average molecular weight is 260 g/mol. The number of hydrogen-bond donors (Lipinski definition) is 3. The molecule has 0 aliphatic carbocycles. The molecule has 7 heteroatoms. The molecule has 0 aliphatic rings. The van der Waals surface area contributed by atoms with Gasteiger partial charge in [0.2, 0.25) is 0 Å². The fourth-order valence-corrected chi connectivity index (χ4v) is 1.58. The van der Waals surface area contributed by atoms with Crippen LogP contribution in [0, 0.1) is 0 Å². The van der Waals surface area contributed by atoms with E-state index in [0.29, 0.717) is 11.4 Å². The van der Waals surface area contributed by atoms with Crippen LogP contribution in [-0.4, -0.2) is 33.8 Å². The Morgan fingerprint density at radius 3 is 2.74 bits per heavy atom. The predicted molar refractivity (Wildman–Crippen MR) is 68.3 cm³/mol. The van der Waals surface area contributed by atoms with E-state index in [0.717, 1.165) is 0 Å². The standard InChI is InChI=1S/C12H12N4O3/c1-14-11(17)9-4-5-16(15-9)10-6-7(12(18)19)2-3-8(10)13/h2-6H,13H2,1H3,(H,14,17)(H,18,19). The van der Waals surface area contributed by atoms with E-state index in [1.165, 1.54) is 36.0 Å². The van der Waals surface area contributed by atoms with Gasteiger partial charge in [-0.1, -0.05) is 0 Å². The highest BCUT2D eigenvalue weighted by molar-refractivity contribution is 5.92. The number of hydrogen-bond acceptors (Lipinski definition) is 4. The second kappa shape index (κ2) is 4.81. The molecule has 0 bridgehead atoms. The van der Waals surface area contributed by atoms with Gasteiger partial charge in [-0.15, -0.1) is 0 Å². The Morgan fingerprint density at radius 2 is 2.11 bits per heavy atom. The van der Waals surface area contributed by atoms with E-state index in [4.69, 9.17) is 10.8 Å². The van der Waals surface area contributed by atoms with Gasteiger partial charge in [0.1, 0.15) is 0 Å². The summed E-state index contributed by atoms with van der Waals surface area (Å²) in [6, 6.07) is 5.81. The Bertz CT molecular complexity index is 648. The monoisotopic (exact) mass is 260 g/mol. The van der Waals surface area contributed by atoms with Crippen LogP contribution in [0.1, 0.15) is 20.8 Å². The summed E-state index contributed by atoms with van der Waals surface area (Å²) in [6.07, 6.45) is 1.54. The molecule has 0 fully saturated rings. The Morgan fingerprint density at radius 1 is 1.37 bits per heavy atom. The fourth-order valence-electron chi connectivity index (χ4n) is 1.58. The van der Waals surface area contributed by atoms with E-state index in [9.17, 15) is 9.59 Å². The first-order valence-corrected chi connectivity index (χ1v) is 5.44. The molecule has 0 saturated carbocycles. The molecule has 4 N–H and O–H groups in total. The molecule has 1 amide bonds. The van der Waals surface area contributed by atoms with Crippen LogP contribution in [-0.2, 0) is 0 Å². The van der Waals surface area contributed by atoms with Crippen molar-refractivity contribution in [2.45, 2.75) is 0 Å². The molecule has 2 aromatic rings. The summed E-state index contributed by atoms with van der Waals surface area (Å²) in [5, 5.41) is 15.4. The molecule has 0 saturated heterocycles. The smallest absolute Gasteiger partial charge is 0.335 e. The Kier molecular flexibility index (Phi) is 3.19. The average Bonchev–Trinajstić information content (AvgIpc) is 2.87. The molecule has 0 radical (unpaired) electrons. The van der Waals surface area contributed by atoms with Gasteiger partial charge in [-0.05, 0) is 24.3 Å². The lowest BCUT2D eigenvalue weighted by Gasteiger charge is -2.06. The molecule has 19 heavy (non-hydrogen) atoms. The molecule has 2 rings (SSSR count). The number of amides is 1. The molecule has 0 spiro atoms. The van der Waals surface area contributed by atoms with Crippen molar-refractivity contribution in [2.75, 3.05) is 12.8 Å². The highest BCUT2D eigenvalue weighted by Gasteiger charge is 2.12. The van der Waals surface area contributed by atoms with Gasteiger partial charge in [0.15, 0.2) is 5.69 Å². The number of carbonyl (C=O) groups is 2. The first kappa shape index (κ1) is 12.6. The van der Waals surface area contributed by atoms with E-state index in [1.54, 1.807) is 6.20 Å². The van der Waals surface area contributed by atoms with Crippen LogP contribution < -0.4 is 11.1 Å². The third kappa shape index (κ3) is 2.39. The number of nitrogens with zero attached hydrogens (tertiary/aromatic N) is 2. The van der Waals surface area contributed by atoms with Gasteiger partial charge in [0, 0.05) is 13.2 Å². The van der Waals surface area contributed by atoms with E-state index in [2.05, 4.69) is 10.4 Å². The summed E-state index contributed by atoms with van der Waals surface area (Å²) >= 11 is 0. The summed E-state index contributed by atoms with van der Waals surface area (Å²) in [5.74, 6) is -1.38. The van der Waals surface area contributed by atoms with Gasteiger partial charge < -0.3 is 16.2 Å². The van der Waals surface area contributed by atoms with Crippen molar-refractivity contribution in [3.8, 4) is 5.69 Å². The van der Waals surface area contributed by atoms with Crippen molar-refractivity contribution in [2.24, 2.45) is 0 Å². The lowest BCUT2D eigenvalue weighted by molar-refractivity contribution is 0.0696. The topological polar surface area (TPSA) is 110 Å². The van der Waals surface area contributed by atoms with Crippen molar-refractivity contribution in [1.82, 2.24) is 15.1 Å². The van der Waals surface area contributed by atoms with Crippen LogP contribution in [0.5, 0.6) is 0 Å². The summed E-state index contributed by atoms with van der Waals surface area (Å²) in [5.41, 5.74) is 6.89. The molecular weight excluding hydrogens is 248 g/mol. The maximum Gasteiger partial charge on any atom is 0.335 e. The van der Waals surface area contributed by atoms with E-state index in [-0.39, 0.29) is 17.2 Å². The van der Waals surface area contributed by atoms with Crippen LogP contribution in [0.3, 0.4) is 0 Å². The van der Waals surface area contributed by atoms with Crippen LogP contribution in [0.4, 0.5) is 5.69 Å². The van der Waals surface area contributed by atoms with Gasteiger partial charge >= 0.3 is 5.97 Å². The lowest BCUT2D eigenvalue weighted by Crippen LogP contribution is -2.18. The zero-order valence-electron chi connectivity index (χ0n) is 10.1. The highest BCUT2D eigenvalue weighted by Crippen LogP contribution is 2.18. The van der Waals surface area contributed by atoms with Gasteiger partial charge in [-0.2, -0.15) is 5.10 Å². The van der Waals surface area contributed by atoms with E-state index < -0.39 is 5.97 Å². The number of anilines is 1. The Labute approximate surface area is 108 Å². The largest absolute Gasteiger partial charge is 0.478 e. The lowest BCUT2D eigenvalue weighted by atomic mass is 10.2. The number of aromatic carboxylic acids is 1. The number of carboxylic acids is 1. The minimum absolute atomic E-state index is 0.0983. The molecular formula is C12H12N4O3. The molecule has 1 aromatic heterocycles. The second-order valence-electron chi connectivity index (χ2n) is 3.80. The molecule has 7 nitrogen and oxygen atoms in total. The molecule has 98 valence electrons. The second-order valence-corrected chi connectivity index (χ2v) is 3.80. The molecule has 1 aromatic carbocycles. The molecule has 0 unspecified atom stereocenters. The first-order valence-electron chi connectivity index (χ1n) is 5.44. The number of carbonyl (C=O) groups excluding carboxylic acids is 1. The van der Waals surface area contributed by atoms with Crippen molar-refractivity contribution >= 4 is 17.6 Å². The number of nitrogen functional groups attached to an aromatic ring is 1. The minimum atomic E-state index is -1.06. The maximum atomic E-state index is 11.4. The zero-order valence-corrected chi connectivity index (χ0v) is 10.1. The normalized spacial score (nSPS) is 10.2. The van der Waals surface area contributed by atoms with Gasteiger partial charge in [0.25, 0.3) is 5.91 Å². The van der Waals surface area contributed by atoms with E-state index in [1.807, 2.05) is 0 Å². The summed E-state index contributed by atoms with van der Waals surface area (Å²) < 4.78 is 1.37. The third-order valence-corrected chi connectivity index (χ3v) is 2.57.